The normalized spacial score (nSPS) is 14.9. The molecule has 36 heavy (non-hydrogen) atoms. The second-order valence-electron chi connectivity index (χ2n) is 8.16. The Bertz CT molecular complexity index is 955. The summed E-state index contributed by atoms with van der Waals surface area (Å²) in [7, 11) is 0. The average Bonchev–Trinajstić information content (AvgIpc) is 2.79. The van der Waals surface area contributed by atoms with Gasteiger partial charge in [-0.15, -0.1) is 0 Å². The molecule has 14 heteroatoms. The summed E-state index contributed by atoms with van der Waals surface area (Å²) in [6.07, 6.45) is -2.64. The van der Waals surface area contributed by atoms with E-state index in [0.717, 1.165) is 0 Å². The van der Waals surface area contributed by atoms with Gasteiger partial charge in [0.15, 0.2) is 0 Å². The first-order valence-electron chi connectivity index (χ1n) is 11.0. The summed E-state index contributed by atoms with van der Waals surface area (Å²) in [5, 5.41) is 26.4. The molecule has 0 saturated carbocycles. The summed E-state index contributed by atoms with van der Waals surface area (Å²) in [5.74, 6) is -5.87. The SMILES string of the molecule is CC(O)C(NC(=O)C(CCC(N)=O)NC(=O)C(N)CC(N)=O)C(=O)NC(Cc1ccccc1)C(=O)O. The van der Waals surface area contributed by atoms with Crippen LogP contribution in [0.2, 0.25) is 0 Å². The monoisotopic (exact) mass is 508 g/mol. The Morgan fingerprint density at radius 1 is 0.861 bits per heavy atom. The Hall–Kier alpha value is -4.04. The Labute approximate surface area is 206 Å². The van der Waals surface area contributed by atoms with Crippen molar-refractivity contribution in [3.05, 3.63) is 35.9 Å². The van der Waals surface area contributed by atoms with Gasteiger partial charge >= 0.3 is 5.97 Å². The van der Waals surface area contributed by atoms with Crippen LogP contribution >= 0.6 is 0 Å². The topological polar surface area (TPSA) is 257 Å². The lowest BCUT2D eigenvalue weighted by Crippen LogP contribution is -2.60. The molecule has 198 valence electrons. The highest BCUT2D eigenvalue weighted by atomic mass is 16.4. The first-order chi connectivity index (χ1) is 16.8. The summed E-state index contributed by atoms with van der Waals surface area (Å²) in [5.41, 5.74) is 16.3. The van der Waals surface area contributed by atoms with E-state index in [0.29, 0.717) is 5.56 Å². The molecule has 0 fully saturated rings. The number of carbonyl (C=O) groups is 6. The van der Waals surface area contributed by atoms with E-state index in [-0.39, 0.29) is 19.3 Å². The predicted octanol–water partition coefficient (Wildman–Crippen LogP) is -3.38. The van der Waals surface area contributed by atoms with Crippen molar-refractivity contribution >= 4 is 35.5 Å². The van der Waals surface area contributed by atoms with Crippen molar-refractivity contribution in [1.82, 2.24) is 16.0 Å². The van der Waals surface area contributed by atoms with Crippen LogP contribution in [-0.4, -0.2) is 76.0 Å². The van der Waals surface area contributed by atoms with Crippen LogP contribution in [0.1, 0.15) is 31.7 Å². The van der Waals surface area contributed by atoms with Crippen molar-refractivity contribution in [2.75, 3.05) is 0 Å². The zero-order chi connectivity index (χ0) is 27.4. The van der Waals surface area contributed by atoms with Gasteiger partial charge < -0.3 is 43.4 Å². The molecule has 14 nitrogen and oxygen atoms in total. The average molecular weight is 509 g/mol. The molecule has 1 rings (SSSR count). The molecule has 11 N–H and O–H groups in total. The molecule has 0 radical (unpaired) electrons. The van der Waals surface area contributed by atoms with Gasteiger partial charge in [-0.1, -0.05) is 30.3 Å². The molecular weight excluding hydrogens is 476 g/mol. The molecule has 1 aromatic rings. The smallest absolute Gasteiger partial charge is 0.326 e. The lowest BCUT2D eigenvalue weighted by Gasteiger charge is -2.26. The maximum atomic E-state index is 12.8. The first kappa shape index (κ1) is 30.0. The van der Waals surface area contributed by atoms with E-state index in [1.165, 1.54) is 6.92 Å². The number of hydrogen-bond acceptors (Lipinski definition) is 8. The molecular formula is C22H32N6O8. The largest absolute Gasteiger partial charge is 0.480 e. The molecule has 0 aliphatic carbocycles. The molecule has 1 aromatic carbocycles. The van der Waals surface area contributed by atoms with Crippen molar-refractivity contribution in [3.8, 4) is 0 Å². The number of amides is 5. The highest BCUT2D eigenvalue weighted by Crippen LogP contribution is 2.06. The Morgan fingerprint density at radius 3 is 1.94 bits per heavy atom. The molecule has 5 unspecified atom stereocenters. The van der Waals surface area contributed by atoms with E-state index >= 15 is 0 Å². The zero-order valence-electron chi connectivity index (χ0n) is 19.7. The van der Waals surface area contributed by atoms with Crippen molar-refractivity contribution in [3.63, 3.8) is 0 Å². The number of aliphatic carboxylic acids is 1. The molecule has 0 aliphatic heterocycles. The fourth-order valence-corrected chi connectivity index (χ4v) is 3.11. The summed E-state index contributed by atoms with van der Waals surface area (Å²) in [6.45, 7) is 1.19. The fourth-order valence-electron chi connectivity index (χ4n) is 3.11. The second-order valence-corrected chi connectivity index (χ2v) is 8.16. The van der Waals surface area contributed by atoms with E-state index < -0.39 is 72.2 Å². The van der Waals surface area contributed by atoms with E-state index in [2.05, 4.69) is 16.0 Å². The summed E-state index contributed by atoms with van der Waals surface area (Å²) >= 11 is 0. The van der Waals surface area contributed by atoms with Gasteiger partial charge in [-0.05, 0) is 18.9 Å². The Kier molecular flexibility index (Phi) is 12.0. The van der Waals surface area contributed by atoms with Gasteiger partial charge in [0.2, 0.25) is 29.5 Å². The van der Waals surface area contributed by atoms with Gasteiger partial charge in [0.05, 0.1) is 18.6 Å². The van der Waals surface area contributed by atoms with Gasteiger partial charge in [0.25, 0.3) is 0 Å². The van der Waals surface area contributed by atoms with Crippen molar-refractivity contribution in [2.24, 2.45) is 17.2 Å². The van der Waals surface area contributed by atoms with Crippen LogP contribution in [-0.2, 0) is 35.2 Å². The number of aliphatic hydroxyl groups excluding tert-OH is 1. The molecule has 0 saturated heterocycles. The molecule has 5 atom stereocenters. The van der Waals surface area contributed by atoms with Crippen LogP contribution < -0.4 is 33.2 Å². The third-order valence-electron chi connectivity index (χ3n) is 5.03. The van der Waals surface area contributed by atoms with Gasteiger partial charge in [-0.3, -0.25) is 24.0 Å². The number of hydrogen-bond donors (Lipinski definition) is 8. The number of nitrogens with one attached hydrogen (secondary N) is 3. The second kappa shape index (κ2) is 14.4. The molecule has 0 spiro atoms. The quantitative estimate of drug-likeness (QED) is 0.117. The Morgan fingerprint density at radius 2 is 1.44 bits per heavy atom. The lowest BCUT2D eigenvalue weighted by molar-refractivity contribution is -0.143. The number of aliphatic hydroxyl groups is 1. The van der Waals surface area contributed by atoms with Gasteiger partial charge in [-0.2, -0.15) is 0 Å². The molecule has 0 aliphatic rings. The van der Waals surface area contributed by atoms with Crippen molar-refractivity contribution in [2.45, 2.75) is 62.9 Å². The maximum absolute atomic E-state index is 12.8. The standard InChI is InChI=1S/C22H32N6O8/c1-11(29)18(21(34)27-15(22(35)36)9-12-5-3-2-4-6-12)28-20(33)14(7-8-16(24)30)26-19(32)13(23)10-17(25)31/h2-6,11,13-15,18,29H,7-10,23H2,1H3,(H2,24,30)(H2,25,31)(H,26,32)(H,27,34)(H,28,33)(H,35,36). The molecule has 0 aromatic heterocycles. The fraction of sp³-hybridized carbons (Fsp3) is 0.455. The summed E-state index contributed by atoms with van der Waals surface area (Å²) in [6, 6.07) is 2.71. The predicted molar refractivity (Wildman–Crippen MR) is 125 cm³/mol. The molecule has 0 heterocycles. The third kappa shape index (κ3) is 10.5. The summed E-state index contributed by atoms with van der Waals surface area (Å²) in [4.78, 5) is 71.8. The van der Waals surface area contributed by atoms with Gasteiger partial charge in [-0.25, -0.2) is 4.79 Å². The van der Waals surface area contributed by atoms with Crippen LogP contribution in [0.15, 0.2) is 30.3 Å². The minimum absolute atomic E-state index is 0.0581. The van der Waals surface area contributed by atoms with Crippen molar-refractivity contribution in [1.29, 1.82) is 0 Å². The van der Waals surface area contributed by atoms with Crippen LogP contribution in [0.25, 0.3) is 0 Å². The van der Waals surface area contributed by atoms with Crippen LogP contribution in [0.3, 0.4) is 0 Å². The van der Waals surface area contributed by atoms with E-state index in [1.54, 1.807) is 30.3 Å². The van der Waals surface area contributed by atoms with Crippen LogP contribution in [0.4, 0.5) is 0 Å². The highest BCUT2D eigenvalue weighted by Gasteiger charge is 2.33. The van der Waals surface area contributed by atoms with E-state index in [1.807, 2.05) is 0 Å². The number of benzene rings is 1. The maximum Gasteiger partial charge on any atom is 0.326 e. The number of rotatable bonds is 15. The number of carboxylic acids is 1. The minimum atomic E-state index is -1.61. The number of carboxylic acid groups (broad SMARTS) is 1. The van der Waals surface area contributed by atoms with Crippen molar-refractivity contribution < 1.29 is 39.0 Å². The minimum Gasteiger partial charge on any atom is -0.480 e. The number of carbonyl (C=O) groups excluding carboxylic acids is 5. The zero-order valence-corrected chi connectivity index (χ0v) is 19.7. The number of primary amides is 2. The molecule has 0 bridgehead atoms. The van der Waals surface area contributed by atoms with Gasteiger partial charge in [0, 0.05) is 12.8 Å². The lowest BCUT2D eigenvalue weighted by atomic mass is 10.0. The Balaban J connectivity index is 2.98. The summed E-state index contributed by atoms with van der Waals surface area (Å²) < 4.78 is 0. The van der Waals surface area contributed by atoms with Gasteiger partial charge in [0.1, 0.15) is 18.1 Å². The first-order valence-corrected chi connectivity index (χ1v) is 11.0. The highest BCUT2D eigenvalue weighted by molar-refractivity contribution is 5.95. The molecule has 5 amide bonds. The van der Waals surface area contributed by atoms with Crippen LogP contribution in [0.5, 0.6) is 0 Å². The third-order valence-corrected chi connectivity index (χ3v) is 5.03. The van der Waals surface area contributed by atoms with E-state index in [9.17, 15) is 39.0 Å². The van der Waals surface area contributed by atoms with Crippen LogP contribution in [0, 0.1) is 0 Å². The van der Waals surface area contributed by atoms with E-state index in [4.69, 9.17) is 17.2 Å². The number of nitrogens with two attached hydrogens (primary N) is 3.